The molecule has 0 aliphatic heterocycles. The summed E-state index contributed by atoms with van der Waals surface area (Å²) in [6, 6.07) is 31.7. The molecule has 10 rings (SSSR count). The number of hydrogen-bond acceptors (Lipinski definition) is 11. The zero-order chi connectivity index (χ0) is 64.8. The van der Waals surface area contributed by atoms with Crippen LogP contribution in [0.2, 0.25) is 0 Å². The van der Waals surface area contributed by atoms with Gasteiger partial charge in [0.05, 0.1) is 61.8 Å². The normalized spacial score (nSPS) is 11.8. The molecule has 0 aliphatic rings. The van der Waals surface area contributed by atoms with E-state index in [0.29, 0.717) is 56.4 Å². The van der Waals surface area contributed by atoms with Gasteiger partial charge in [0.15, 0.2) is 0 Å². The number of carboxylic acids is 3. The van der Waals surface area contributed by atoms with Crippen molar-refractivity contribution < 1.29 is 91.8 Å². The van der Waals surface area contributed by atoms with Gasteiger partial charge in [0.1, 0.15) is 23.0 Å². The highest BCUT2D eigenvalue weighted by Gasteiger charge is 2.31. The molecular formula is C63H60F6N4O14S2. The van der Waals surface area contributed by atoms with E-state index in [9.17, 15) is 57.6 Å². The molecule has 0 spiro atoms. The Bertz CT molecular complexity index is 4380. The Morgan fingerprint density at radius 1 is 0.506 bits per heavy atom. The van der Waals surface area contributed by atoms with Crippen molar-refractivity contribution in [3.05, 3.63) is 197 Å². The number of H-pyrrole nitrogens is 2. The van der Waals surface area contributed by atoms with Gasteiger partial charge in [0.2, 0.25) is 10.0 Å². The molecule has 0 atom stereocenters. The quantitative estimate of drug-likeness (QED) is 0.0445. The predicted octanol–water partition coefficient (Wildman–Crippen LogP) is 13.0. The van der Waals surface area contributed by atoms with E-state index in [0.717, 1.165) is 71.1 Å². The number of aryl methyl sites for hydroxylation is 4. The zero-order valence-corrected chi connectivity index (χ0v) is 49.7. The van der Waals surface area contributed by atoms with Gasteiger partial charge in [-0.25, -0.2) is 24.8 Å². The number of aliphatic carboxylic acids is 3. The minimum Gasteiger partial charge on any atom is -0.497 e. The third-order valence-corrected chi connectivity index (χ3v) is 16.8. The van der Waals surface area contributed by atoms with Crippen molar-refractivity contribution in [2.45, 2.75) is 57.3 Å². The minimum atomic E-state index is -4.48. The van der Waals surface area contributed by atoms with Gasteiger partial charge in [0.25, 0.3) is 10.0 Å². The zero-order valence-electron chi connectivity index (χ0n) is 48.1. The van der Waals surface area contributed by atoms with E-state index in [1.54, 1.807) is 50.6 Å². The Balaban J connectivity index is 0.000000181. The summed E-state index contributed by atoms with van der Waals surface area (Å²) < 4.78 is 151. The number of rotatable bonds is 20. The number of methoxy groups -OCH3 is 4. The molecule has 4 heterocycles. The van der Waals surface area contributed by atoms with Gasteiger partial charge in [-0.3, -0.25) is 14.4 Å². The molecule has 26 heteroatoms. The fraction of sp³-hybridized carbons (Fsp3) is 0.222. The number of hydrogen-bond donors (Lipinski definition) is 5. The smallest absolute Gasteiger partial charge is 0.416 e. The fourth-order valence-corrected chi connectivity index (χ4v) is 11.8. The minimum absolute atomic E-state index is 0.0285. The first-order valence-corrected chi connectivity index (χ1v) is 30.0. The van der Waals surface area contributed by atoms with E-state index in [-0.39, 0.29) is 49.8 Å². The van der Waals surface area contributed by atoms with Crippen LogP contribution in [-0.4, -0.2) is 102 Å². The van der Waals surface area contributed by atoms with Crippen molar-refractivity contribution in [2.24, 2.45) is 0 Å². The van der Waals surface area contributed by atoms with Gasteiger partial charge in [-0.2, -0.15) is 26.3 Å². The van der Waals surface area contributed by atoms with Crippen LogP contribution >= 0.6 is 0 Å². The van der Waals surface area contributed by atoms with Gasteiger partial charge >= 0.3 is 30.3 Å². The number of aromatic amines is 2. The Morgan fingerprint density at radius 2 is 0.944 bits per heavy atom. The number of fused-ring (bicyclic) bond motifs is 4. The highest BCUT2D eigenvalue weighted by molar-refractivity contribution is 7.93. The molecule has 0 radical (unpaired) electrons. The van der Waals surface area contributed by atoms with Crippen molar-refractivity contribution in [3.8, 4) is 23.0 Å². The third-order valence-electron chi connectivity index (χ3n) is 13.9. The summed E-state index contributed by atoms with van der Waals surface area (Å²) in [4.78, 5) is 38.7. The van der Waals surface area contributed by atoms with Crippen molar-refractivity contribution in [1.29, 1.82) is 0 Å². The Kier molecular flexibility index (Phi) is 21.7. The molecule has 10 aromatic rings. The van der Waals surface area contributed by atoms with Crippen LogP contribution < -0.4 is 18.9 Å². The molecule has 5 N–H and O–H groups in total. The third kappa shape index (κ3) is 17.7. The summed E-state index contributed by atoms with van der Waals surface area (Å²) in [5.74, 6) is -0.462. The average molecular weight is 1280 g/mol. The van der Waals surface area contributed by atoms with Crippen molar-refractivity contribution >= 4 is 87.6 Å². The highest BCUT2D eigenvalue weighted by Crippen LogP contribution is 2.34. The summed E-state index contributed by atoms with van der Waals surface area (Å²) in [6.07, 6.45) is -0.612. The molecule has 6 aromatic carbocycles. The van der Waals surface area contributed by atoms with Crippen LogP contribution in [0.3, 0.4) is 0 Å². The second-order valence-electron chi connectivity index (χ2n) is 19.7. The van der Waals surface area contributed by atoms with Crippen LogP contribution in [0.5, 0.6) is 23.0 Å². The lowest BCUT2D eigenvalue weighted by atomic mass is 10.1. The fourth-order valence-electron chi connectivity index (χ4n) is 9.18. The molecule has 0 unspecified atom stereocenters. The summed E-state index contributed by atoms with van der Waals surface area (Å²) >= 11 is 0. The molecule has 0 amide bonds. The molecule has 0 bridgehead atoms. The second-order valence-corrected chi connectivity index (χ2v) is 23.4. The van der Waals surface area contributed by atoms with Gasteiger partial charge in [-0.05, 0) is 163 Å². The molecule has 0 saturated heterocycles. The molecule has 0 saturated carbocycles. The van der Waals surface area contributed by atoms with Crippen LogP contribution in [0.4, 0.5) is 26.3 Å². The number of nitrogens with zero attached hydrogens (tertiary/aromatic N) is 2. The van der Waals surface area contributed by atoms with E-state index >= 15 is 0 Å². The molecule has 4 aromatic heterocycles. The molecule has 0 aliphatic carbocycles. The molecule has 470 valence electrons. The monoisotopic (exact) mass is 1270 g/mol. The van der Waals surface area contributed by atoms with Gasteiger partial charge in [0, 0.05) is 76.6 Å². The lowest BCUT2D eigenvalue weighted by molar-refractivity contribution is -0.138. The maximum Gasteiger partial charge on any atom is 0.416 e. The number of carbonyl (C=O) groups is 3. The molecular weight excluding hydrogens is 1210 g/mol. The van der Waals surface area contributed by atoms with E-state index in [1.807, 2.05) is 54.9 Å². The molecule has 89 heavy (non-hydrogen) atoms. The van der Waals surface area contributed by atoms with Gasteiger partial charge in [-0.15, -0.1) is 0 Å². The number of halogens is 6. The second kappa shape index (κ2) is 28.9. The van der Waals surface area contributed by atoms with Crippen molar-refractivity contribution in [2.75, 3.05) is 34.2 Å². The van der Waals surface area contributed by atoms with Crippen molar-refractivity contribution in [1.82, 2.24) is 17.9 Å². The summed E-state index contributed by atoms with van der Waals surface area (Å²) in [5.41, 5.74) is 4.04. The van der Waals surface area contributed by atoms with Gasteiger partial charge < -0.3 is 44.2 Å². The first-order chi connectivity index (χ1) is 42.1. The van der Waals surface area contributed by atoms with Crippen LogP contribution in [0.1, 0.15) is 58.2 Å². The molecule has 18 nitrogen and oxygen atoms in total. The largest absolute Gasteiger partial charge is 0.497 e. The SMILES string of the molecule is COc1ccc2[nH]cc(CCC(=O)O)c2c1.COc1ccc2[nH]ccc2c1.COc1ccc2c(c1)c(CCC(=O)O)cn2S(=O)(=O)/C=C/c1ccc(C(F)(F)F)cc1.COc1ccc2c(c1)c(CCC(=O)O)cn2S(=O)(=O)CCc1ccc(C(F)(F)F)cc1. The van der Waals surface area contributed by atoms with E-state index in [1.165, 1.54) is 62.3 Å². The average Bonchev–Trinajstić information content (AvgIpc) is 1.74. The number of alkyl halides is 6. The number of aromatic nitrogens is 4. The number of ether oxygens (including phenoxy) is 4. The summed E-state index contributed by atoms with van der Waals surface area (Å²) in [7, 11) is -1.67. The van der Waals surface area contributed by atoms with Crippen LogP contribution in [-0.2, 0) is 72.5 Å². The van der Waals surface area contributed by atoms with Gasteiger partial charge in [-0.1, -0.05) is 24.3 Å². The van der Waals surface area contributed by atoms with Crippen LogP contribution in [0.25, 0.3) is 49.7 Å². The lowest BCUT2D eigenvalue weighted by Crippen LogP contribution is -2.17. The van der Waals surface area contributed by atoms with E-state index in [2.05, 4.69) is 9.97 Å². The number of benzene rings is 6. The van der Waals surface area contributed by atoms with Crippen molar-refractivity contribution in [3.63, 3.8) is 0 Å². The predicted molar refractivity (Wildman–Crippen MR) is 324 cm³/mol. The number of nitrogens with one attached hydrogen (secondary N) is 2. The first kappa shape index (κ1) is 66.8. The van der Waals surface area contributed by atoms with E-state index in [4.69, 9.17) is 34.3 Å². The number of carboxylic acid groups (broad SMARTS) is 3. The van der Waals surface area contributed by atoms with Crippen LogP contribution in [0.15, 0.2) is 158 Å². The van der Waals surface area contributed by atoms with E-state index < -0.39 is 61.4 Å². The maximum absolute atomic E-state index is 13.0. The standard InChI is InChI=1S/C21H20F3NO5S.C21H18F3NO5S.C12H13NO3.C9H9NO/c2*1-30-17-7-8-19-18(12-17)15(4-9-20(26)27)13-25(19)31(28,29)11-10-14-2-5-16(6-3-14)21(22,23)24;1-16-9-3-4-11-10(6-9)8(7-13-11)2-5-12(14)15;1-11-8-2-3-9-7(6-8)4-5-10-9/h2-3,5-8,12-13H,4,9-11H2,1H3,(H,26,27);2-3,5-8,10-13H,4,9H2,1H3,(H,26,27);3-4,6-7,13H,2,5H2,1H3,(H,14,15);2-6,10H,1H3/b;11-10+;;. The van der Waals surface area contributed by atoms with Crippen LogP contribution in [0, 0.1) is 0 Å². The molecule has 0 fully saturated rings. The summed E-state index contributed by atoms with van der Waals surface area (Å²) in [6.45, 7) is 0. The highest BCUT2D eigenvalue weighted by atomic mass is 32.2. The Hall–Kier alpha value is -9.69. The summed E-state index contributed by atoms with van der Waals surface area (Å²) in [5, 5.41) is 30.8. The lowest BCUT2D eigenvalue weighted by Gasteiger charge is -2.10. The maximum atomic E-state index is 13.0. The Morgan fingerprint density at radius 3 is 1.44 bits per heavy atom. The first-order valence-electron chi connectivity index (χ1n) is 26.9. The topological polar surface area (TPSA) is 259 Å². The Labute approximate surface area is 506 Å².